The van der Waals surface area contributed by atoms with Crippen LogP contribution in [0.15, 0.2) is 47.1 Å². The van der Waals surface area contributed by atoms with Crippen molar-refractivity contribution in [1.29, 1.82) is 0 Å². The molecule has 0 unspecified atom stereocenters. The number of aromatic nitrogens is 3. The summed E-state index contributed by atoms with van der Waals surface area (Å²) in [5.74, 6) is 1.55. The Balaban J connectivity index is 1.21. The van der Waals surface area contributed by atoms with E-state index in [1.54, 1.807) is 12.1 Å². The molecule has 1 aliphatic rings. The Morgan fingerprint density at radius 1 is 1.09 bits per heavy atom. The van der Waals surface area contributed by atoms with Crippen LogP contribution in [0.5, 0.6) is 0 Å². The molecule has 8 heteroatoms. The Kier molecular flexibility index (Phi) is 7.42. The average molecular weight is 438 g/mol. The number of carbonyl (C=O) groups is 1. The van der Waals surface area contributed by atoms with Crippen LogP contribution in [-0.4, -0.2) is 34.1 Å². The topological polar surface area (TPSA) is 84.1 Å². The number of aryl methyl sites for hydroxylation is 1. The van der Waals surface area contributed by atoms with Gasteiger partial charge in [-0.1, -0.05) is 18.0 Å². The summed E-state index contributed by atoms with van der Waals surface area (Å²) >= 11 is 0. The fourth-order valence-corrected chi connectivity index (χ4v) is 3.81. The van der Waals surface area contributed by atoms with Gasteiger partial charge in [-0.05, 0) is 61.2 Å². The third-order valence-corrected chi connectivity index (χ3v) is 5.59. The van der Waals surface area contributed by atoms with Crippen LogP contribution in [0, 0.1) is 5.82 Å². The maximum atomic E-state index is 13.0. The standard InChI is InChI=1S/C24H28FN5O2/c25-20-10-8-19(9-11-20)24-28-23(32-29-24)7-5-6-22(31)27-17-18-12-13-26-21(16-18)30-14-3-1-2-4-15-30/h8-13,16H,1-7,14-15,17H2,(H,27,31). The maximum absolute atomic E-state index is 13.0. The lowest BCUT2D eigenvalue weighted by Crippen LogP contribution is -2.26. The highest BCUT2D eigenvalue weighted by Gasteiger charge is 2.12. The van der Waals surface area contributed by atoms with E-state index in [0.29, 0.717) is 43.1 Å². The molecule has 32 heavy (non-hydrogen) atoms. The van der Waals surface area contributed by atoms with Gasteiger partial charge in [0.15, 0.2) is 0 Å². The summed E-state index contributed by atoms with van der Waals surface area (Å²) < 4.78 is 18.3. The maximum Gasteiger partial charge on any atom is 0.226 e. The van der Waals surface area contributed by atoms with Crippen molar-refractivity contribution < 1.29 is 13.7 Å². The van der Waals surface area contributed by atoms with Gasteiger partial charge in [-0.2, -0.15) is 4.98 Å². The molecule has 1 N–H and O–H groups in total. The monoisotopic (exact) mass is 437 g/mol. The average Bonchev–Trinajstić information content (AvgIpc) is 3.11. The van der Waals surface area contributed by atoms with Gasteiger partial charge in [-0.15, -0.1) is 0 Å². The molecule has 4 rings (SSSR count). The number of hydrogen-bond donors (Lipinski definition) is 1. The van der Waals surface area contributed by atoms with E-state index >= 15 is 0 Å². The highest BCUT2D eigenvalue weighted by molar-refractivity contribution is 5.75. The lowest BCUT2D eigenvalue weighted by Gasteiger charge is -2.21. The zero-order chi connectivity index (χ0) is 22.2. The number of benzene rings is 1. The van der Waals surface area contributed by atoms with Gasteiger partial charge in [-0.25, -0.2) is 9.37 Å². The zero-order valence-electron chi connectivity index (χ0n) is 18.1. The van der Waals surface area contributed by atoms with Crippen molar-refractivity contribution in [3.05, 3.63) is 59.9 Å². The van der Waals surface area contributed by atoms with Gasteiger partial charge >= 0.3 is 0 Å². The highest BCUT2D eigenvalue weighted by atomic mass is 19.1. The van der Waals surface area contributed by atoms with Gasteiger partial charge in [0.1, 0.15) is 11.6 Å². The Bertz CT molecular complexity index is 1010. The minimum atomic E-state index is -0.312. The quantitative estimate of drug-likeness (QED) is 0.566. The van der Waals surface area contributed by atoms with Crippen LogP contribution in [-0.2, 0) is 17.8 Å². The molecule has 2 aromatic heterocycles. The van der Waals surface area contributed by atoms with Gasteiger partial charge in [0.05, 0.1) is 0 Å². The van der Waals surface area contributed by atoms with Gasteiger partial charge < -0.3 is 14.7 Å². The van der Waals surface area contributed by atoms with Gasteiger partial charge in [0, 0.05) is 44.2 Å². The second-order valence-electron chi connectivity index (χ2n) is 8.07. The van der Waals surface area contributed by atoms with E-state index < -0.39 is 0 Å². The van der Waals surface area contributed by atoms with Crippen LogP contribution in [0.25, 0.3) is 11.4 Å². The Morgan fingerprint density at radius 2 is 1.88 bits per heavy atom. The molecule has 0 saturated carbocycles. The van der Waals surface area contributed by atoms with E-state index in [0.717, 1.165) is 24.5 Å². The molecule has 1 fully saturated rings. The normalized spacial score (nSPS) is 14.2. The number of nitrogens with zero attached hydrogens (tertiary/aromatic N) is 4. The molecule has 1 saturated heterocycles. The van der Waals surface area contributed by atoms with E-state index in [1.807, 2.05) is 12.3 Å². The fourth-order valence-electron chi connectivity index (χ4n) is 3.81. The Labute approximate surface area is 187 Å². The molecule has 0 radical (unpaired) electrons. The van der Waals surface area contributed by atoms with Gasteiger partial charge in [0.25, 0.3) is 0 Å². The molecule has 7 nitrogen and oxygen atoms in total. The fraction of sp³-hybridized carbons (Fsp3) is 0.417. The minimum Gasteiger partial charge on any atom is -0.357 e. The zero-order valence-corrected chi connectivity index (χ0v) is 18.1. The molecule has 0 bridgehead atoms. The van der Waals surface area contributed by atoms with Crippen molar-refractivity contribution in [2.45, 2.75) is 51.5 Å². The largest absolute Gasteiger partial charge is 0.357 e. The Hall–Kier alpha value is -3.29. The lowest BCUT2D eigenvalue weighted by molar-refractivity contribution is -0.121. The second kappa shape index (κ2) is 10.8. The first-order valence-corrected chi connectivity index (χ1v) is 11.2. The molecule has 1 aromatic carbocycles. The molecule has 168 valence electrons. The summed E-state index contributed by atoms with van der Waals surface area (Å²) in [7, 11) is 0. The summed E-state index contributed by atoms with van der Waals surface area (Å²) in [5, 5.41) is 6.90. The van der Waals surface area contributed by atoms with Crippen molar-refractivity contribution in [2.75, 3.05) is 18.0 Å². The van der Waals surface area contributed by atoms with Crippen LogP contribution in [0.3, 0.4) is 0 Å². The molecule has 3 heterocycles. The number of rotatable bonds is 8. The van der Waals surface area contributed by atoms with Crippen LogP contribution in [0.4, 0.5) is 10.2 Å². The SMILES string of the molecule is O=C(CCCc1nc(-c2ccc(F)cc2)no1)NCc1ccnc(N2CCCCCC2)c1. The van der Waals surface area contributed by atoms with Crippen LogP contribution in [0.2, 0.25) is 0 Å². The molecule has 0 spiro atoms. The summed E-state index contributed by atoms with van der Waals surface area (Å²) in [6, 6.07) is 9.94. The molecular formula is C24H28FN5O2. The molecule has 0 atom stereocenters. The van der Waals surface area contributed by atoms with E-state index in [2.05, 4.69) is 31.4 Å². The molecular weight excluding hydrogens is 409 g/mol. The Morgan fingerprint density at radius 3 is 2.66 bits per heavy atom. The molecule has 3 aromatic rings. The van der Waals surface area contributed by atoms with Crippen molar-refractivity contribution in [2.24, 2.45) is 0 Å². The number of pyridine rings is 1. The number of carbonyl (C=O) groups excluding carboxylic acids is 1. The van der Waals surface area contributed by atoms with Crippen LogP contribution in [0.1, 0.15) is 50.0 Å². The molecule has 0 aliphatic carbocycles. The van der Waals surface area contributed by atoms with Crippen molar-refractivity contribution >= 4 is 11.7 Å². The van der Waals surface area contributed by atoms with Gasteiger partial charge in [0.2, 0.25) is 17.6 Å². The summed E-state index contributed by atoms with van der Waals surface area (Å²) in [4.78, 5) is 23.4. The number of hydrogen-bond acceptors (Lipinski definition) is 6. The van der Waals surface area contributed by atoms with Crippen molar-refractivity contribution in [1.82, 2.24) is 20.4 Å². The first kappa shape index (κ1) is 21.9. The number of halogens is 1. The summed E-state index contributed by atoms with van der Waals surface area (Å²) in [5.41, 5.74) is 1.74. The minimum absolute atomic E-state index is 0.0172. The second-order valence-corrected chi connectivity index (χ2v) is 8.07. The molecule has 1 amide bonds. The van der Waals surface area contributed by atoms with E-state index in [-0.39, 0.29) is 11.7 Å². The first-order chi connectivity index (χ1) is 15.7. The van der Waals surface area contributed by atoms with E-state index in [9.17, 15) is 9.18 Å². The van der Waals surface area contributed by atoms with Crippen LogP contribution >= 0.6 is 0 Å². The predicted octanol–water partition coefficient (Wildman–Crippen LogP) is 4.29. The third-order valence-electron chi connectivity index (χ3n) is 5.59. The highest BCUT2D eigenvalue weighted by Crippen LogP contribution is 2.19. The lowest BCUT2D eigenvalue weighted by atomic mass is 10.2. The van der Waals surface area contributed by atoms with Crippen molar-refractivity contribution in [3.8, 4) is 11.4 Å². The van der Waals surface area contributed by atoms with E-state index in [4.69, 9.17) is 4.52 Å². The third kappa shape index (κ3) is 6.12. The number of amides is 1. The molecule has 1 aliphatic heterocycles. The number of anilines is 1. The van der Waals surface area contributed by atoms with Crippen molar-refractivity contribution in [3.63, 3.8) is 0 Å². The first-order valence-electron chi connectivity index (χ1n) is 11.2. The summed E-state index contributed by atoms with van der Waals surface area (Å²) in [6.07, 6.45) is 8.27. The number of nitrogens with one attached hydrogen (secondary N) is 1. The van der Waals surface area contributed by atoms with Gasteiger partial charge in [-0.3, -0.25) is 4.79 Å². The summed E-state index contributed by atoms with van der Waals surface area (Å²) in [6.45, 7) is 2.57. The van der Waals surface area contributed by atoms with E-state index in [1.165, 1.54) is 37.8 Å². The smallest absolute Gasteiger partial charge is 0.226 e. The van der Waals surface area contributed by atoms with Crippen LogP contribution < -0.4 is 10.2 Å². The predicted molar refractivity (Wildman–Crippen MR) is 119 cm³/mol.